The van der Waals surface area contributed by atoms with Gasteiger partial charge in [0.1, 0.15) is 0 Å². The van der Waals surface area contributed by atoms with E-state index in [4.69, 9.17) is 4.52 Å². The predicted molar refractivity (Wildman–Crippen MR) is 99.5 cm³/mol. The van der Waals surface area contributed by atoms with E-state index in [-0.39, 0.29) is 24.4 Å². The lowest BCUT2D eigenvalue weighted by atomic mass is 10.00. The fourth-order valence-corrected chi connectivity index (χ4v) is 3.98. The van der Waals surface area contributed by atoms with Gasteiger partial charge in [-0.3, -0.25) is 4.79 Å². The molecule has 0 radical (unpaired) electrons. The second-order valence-corrected chi connectivity index (χ2v) is 7.53. The quantitative estimate of drug-likeness (QED) is 0.754. The molecule has 2 aromatic rings. The molecule has 0 bridgehead atoms. The number of nitrogens with one attached hydrogen (secondary N) is 2. The monoisotopic (exact) mass is 434 g/mol. The molecule has 2 N–H and O–H groups in total. The molecule has 0 spiro atoms. The van der Waals surface area contributed by atoms with Crippen LogP contribution in [0.4, 0.5) is 0 Å². The highest BCUT2D eigenvalue weighted by atomic mass is 79.9. The van der Waals surface area contributed by atoms with Crippen LogP contribution >= 0.6 is 39.7 Å². The normalized spacial score (nSPS) is 20.4. The van der Waals surface area contributed by atoms with Gasteiger partial charge in [0.25, 0.3) is 0 Å². The molecule has 24 heavy (non-hydrogen) atoms. The van der Waals surface area contributed by atoms with E-state index in [1.165, 1.54) is 0 Å². The van der Waals surface area contributed by atoms with E-state index in [1.807, 2.05) is 11.4 Å². The lowest BCUT2D eigenvalue weighted by molar-refractivity contribution is -0.122. The summed E-state index contributed by atoms with van der Waals surface area (Å²) in [5, 5.41) is 12.4. The Morgan fingerprint density at radius 2 is 2.42 bits per heavy atom. The number of aromatic nitrogens is 2. The van der Waals surface area contributed by atoms with Crippen LogP contribution < -0.4 is 10.6 Å². The smallest absolute Gasteiger partial charge is 0.227 e. The number of carbonyl (C=O) groups excluding carboxylic acids is 1. The number of hydrogen-bond donors (Lipinski definition) is 2. The van der Waals surface area contributed by atoms with Crippen molar-refractivity contribution < 1.29 is 9.32 Å². The second kappa shape index (κ2) is 8.94. The summed E-state index contributed by atoms with van der Waals surface area (Å²) in [7, 11) is 0. The van der Waals surface area contributed by atoms with Gasteiger partial charge in [-0.2, -0.15) is 4.98 Å². The van der Waals surface area contributed by atoms with Gasteiger partial charge in [0.05, 0.1) is 4.88 Å². The third kappa shape index (κ3) is 5.02. The minimum atomic E-state index is 0. The standard InChI is InChI=1S/C15H19BrN4O2S.ClH/c1-9-11(3-2-6-17-9)18-13(21)4-5-14-19-15(20-22-14)12-7-10(16)8-23-12;/h7-9,11,17H,2-6H2,1H3,(H,18,21);1H. The second-order valence-electron chi connectivity index (χ2n) is 5.70. The Morgan fingerprint density at radius 1 is 1.58 bits per heavy atom. The van der Waals surface area contributed by atoms with Crippen LogP contribution in [0.15, 0.2) is 20.4 Å². The number of carbonyl (C=O) groups is 1. The molecule has 1 aliphatic heterocycles. The van der Waals surface area contributed by atoms with E-state index in [1.54, 1.807) is 11.3 Å². The van der Waals surface area contributed by atoms with Crippen molar-refractivity contribution in [3.05, 3.63) is 21.8 Å². The van der Waals surface area contributed by atoms with Crippen molar-refractivity contribution >= 4 is 45.6 Å². The van der Waals surface area contributed by atoms with Crippen LogP contribution in [0.5, 0.6) is 0 Å². The minimum Gasteiger partial charge on any atom is -0.352 e. The number of rotatable bonds is 5. The Kier molecular flexibility index (Phi) is 7.21. The van der Waals surface area contributed by atoms with Gasteiger partial charge in [-0.1, -0.05) is 5.16 Å². The lowest BCUT2D eigenvalue weighted by Crippen LogP contribution is -2.51. The zero-order chi connectivity index (χ0) is 16.2. The Balaban J connectivity index is 0.00000208. The predicted octanol–water partition coefficient (Wildman–Crippen LogP) is 3.17. The first kappa shape index (κ1) is 19.4. The molecule has 132 valence electrons. The Labute approximate surface area is 159 Å². The molecule has 2 aromatic heterocycles. The number of nitrogens with zero attached hydrogens (tertiary/aromatic N) is 2. The highest BCUT2D eigenvalue weighted by Gasteiger charge is 2.22. The van der Waals surface area contributed by atoms with Gasteiger partial charge in [-0.15, -0.1) is 23.7 Å². The molecular weight excluding hydrogens is 416 g/mol. The highest BCUT2D eigenvalue weighted by Crippen LogP contribution is 2.27. The van der Waals surface area contributed by atoms with Gasteiger partial charge >= 0.3 is 0 Å². The van der Waals surface area contributed by atoms with Gasteiger partial charge in [-0.05, 0) is 48.3 Å². The van der Waals surface area contributed by atoms with Crippen LogP contribution in [0.25, 0.3) is 10.7 Å². The molecule has 0 saturated carbocycles. The summed E-state index contributed by atoms with van der Waals surface area (Å²) in [6.45, 7) is 3.13. The Hall–Kier alpha value is -0.960. The van der Waals surface area contributed by atoms with E-state index in [0.29, 0.717) is 30.6 Å². The number of piperidine rings is 1. The molecule has 1 fully saturated rings. The maximum absolute atomic E-state index is 12.1. The number of hydrogen-bond acceptors (Lipinski definition) is 6. The molecule has 1 saturated heterocycles. The molecule has 3 rings (SSSR count). The lowest BCUT2D eigenvalue weighted by Gasteiger charge is -2.30. The van der Waals surface area contributed by atoms with E-state index < -0.39 is 0 Å². The van der Waals surface area contributed by atoms with Gasteiger partial charge in [-0.25, -0.2) is 0 Å². The first-order valence-corrected chi connectivity index (χ1v) is 9.39. The summed E-state index contributed by atoms with van der Waals surface area (Å²) >= 11 is 4.95. The first-order chi connectivity index (χ1) is 11.1. The minimum absolute atomic E-state index is 0. The molecule has 9 heteroatoms. The summed E-state index contributed by atoms with van der Waals surface area (Å²) < 4.78 is 6.23. The third-order valence-electron chi connectivity index (χ3n) is 3.93. The maximum Gasteiger partial charge on any atom is 0.227 e. The number of halogens is 2. The van der Waals surface area contributed by atoms with E-state index in [9.17, 15) is 4.79 Å². The first-order valence-electron chi connectivity index (χ1n) is 7.71. The SMILES string of the molecule is CC1NCCCC1NC(=O)CCc1nc(-c2cc(Br)cs2)no1.Cl. The summed E-state index contributed by atoms with van der Waals surface area (Å²) in [4.78, 5) is 17.4. The van der Waals surface area contributed by atoms with Gasteiger partial charge in [0.15, 0.2) is 0 Å². The molecule has 2 unspecified atom stereocenters. The molecule has 3 heterocycles. The van der Waals surface area contributed by atoms with E-state index >= 15 is 0 Å². The van der Waals surface area contributed by atoms with Crippen molar-refractivity contribution in [2.24, 2.45) is 0 Å². The number of thiophene rings is 1. The third-order valence-corrected chi connectivity index (χ3v) is 5.62. The maximum atomic E-state index is 12.1. The van der Waals surface area contributed by atoms with Crippen LogP contribution in [-0.4, -0.2) is 34.7 Å². The largest absolute Gasteiger partial charge is 0.352 e. The molecule has 2 atom stereocenters. The molecule has 6 nitrogen and oxygen atoms in total. The fourth-order valence-electron chi connectivity index (χ4n) is 2.63. The van der Waals surface area contributed by atoms with Crippen LogP contribution in [-0.2, 0) is 11.2 Å². The summed E-state index contributed by atoms with van der Waals surface area (Å²) in [6.07, 6.45) is 2.94. The van der Waals surface area contributed by atoms with E-state index in [2.05, 4.69) is 43.6 Å². The van der Waals surface area contributed by atoms with Gasteiger partial charge < -0.3 is 15.2 Å². The number of aryl methyl sites for hydroxylation is 1. The van der Waals surface area contributed by atoms with Crippen molar-refractivity contribution in [2.45, 2.75) is 44.7 Å². The molecule has 0 aliphatic carbocycles. The molecule has 1 aliphatic rings. The Bertz CT molecular complexity index is 678. The van der Waals surface area contributed by atoms with Gasteiger partial charge in [0.2, 0.25) is 17.6 Å². The van der Waals surface area contributed by atoms with Crippen molar-refractivity contribution in [2.75, 3.05) is 6.54 Å². The topological polar surface area (TPSA) is 80.0 Å². The van der Waals surface area contributed by atoms with Crippen LogP contribution in [0, 0.1) is 0 Å². The van der Waals surface area contributed by atoms with Crippen molar-refractivity contribution in [3.63, 3.8) is 0 Å². The van der Waals surface area contributed by atoms with Crippen molar-refractivity contribution in [1.82, 2.24) is 20.8 Å². The van der Waals surface area contributed by atoms with Crippen molar-refractivity contribution in [1.29, 1.82) is 0 Å². The fraction of sp³-hybridized carbons (Fsp3) is 0.533. The van der Waals surface area contributed by atoms with Gasteiger partial charge in [0, 0.05) is 34.8 Å². The summed E-state index contributed by atoms with van der Waals surface area (Å²) in [6, 6.07) is 2.47. The summed E-state index contributed by atoms with van der Waals surface area (Å²) in [5.74, 6) is 1.10. The summed E-state index contributed by atoms with van der Waals surface area (Å²) in [5.41, 5.74) is 0. The van der Waals surface area contributed by atoms with E-state index in [0.717, 1.165) is 28.7 Å². The molecule has 1 amide bonds. The highest BCUT2D eigenvalue weighted by molar-refractivity contribution is 9.10. The molecular formula is C15H20BrClN4O2S. The average molecular weight is 436 g/mol. The van der Waals surface area contributed by atoms with Crippen LogP contribution in [0.1, 0.15) is 32.1 Å². The average Bonchev–Trinajstić information content (AvgIpc) is 3.16. The van der Waals surface area contributed by atoms with Crippen molar-refractivity contribution in [3.8, 4) is 10.7 Å². The zero-order valence-electron chi connectivity index (χ0n) is 13.3. The van der Waals surface area contributed by atoms with Crippen LogP contribution in [0.3, 0.4) is 0 Å². The molecule has 0 aromatic carbocycles. The zero-order valence-corrected chi connectivity index (χ0v) is 16.5. The number of amides is 1. The Morgan fingerprint density at radius 3 is 3.12 bits per heavy atom. The van der Waals surface area contributed by atoms with Crippen LogP contribution in [0.2, 0.25) is 0 Å².